The summed E-state index contributed by atoms with van der Waals surface area (Å²) in [5.74, 6) is 0.253. The van der Waals surface area contributed by atoms with E-state index in [0.29, 0.717) is 18.0 Å². The second kappa shape index (κ2) is 7.10. The van der Waals surface area contributed by atoms with E-state index >= 15 is 0 Å². The van der Waals surface area contributed by atoms with Gasteiger partial charge in [-0.2, -0.15) is 0 Å². The van der Waals surface area contributed by atoms with Crippen LogP contribution < -0.4 is 11.1 Å². The molecule has 0 bridgehead atoms. The lowest BCUT2D eigenvalue weighted by Gasteiger charge is -2.41. The van der Waals surface area contributed by atoms with Gasteiger partial charge >= 0.3 is 0 Å². The third kappa shape index (κ3) is 3.42. The van der Waals surface area contributed by atoms with E-state index in [9.17, 15) is 4.79 Å². The van der Waals surface area contributed by atoms with Crippen LogP contribution in [0.4, 0.5) is 0 Å². The van der Waals surface area contributed by atoms with Crippen molar-refractivity contribution in [1.29, 1.82) is 0 Å². The van der Waals surface area contributed by atoms with E-state index in [2.05, 4.69) is 31.0 Å². The number of carbonyl (C=O) groups is 1. The number of nitrogens with one attached hydrogen (secondary N) is 1. The van der Waals surface area contributed by atoms with Crippen molar-refractivity contribution in [2.45, 2.75) is 83.3 Å². The second-order valence-corrected chi connectivity index (χ2v) is 7.11. The summed E-state index contributed by atoms with van der Waals surface area (Å²) >= 11 is 0. The van der Waals surface area contributed by atoms with Crippen LogP contribution in [0.1, 0.15) is 65.7 Å². The molecule has 2 fully saturated rings. The smallest absolute Gasteiger partial charge is 0.238 e. The van der Waals surface area contributed by atoms with Crippen LogP contribution in [0.3, 0.4) is 0 Å². The molecule has 4 unspecified atom stereocenters. The first-order valence-corrected chi connectivity index (χ1v) is 8.82. The largest absolute Gasteiger partial charge is 0.368 e. The third-order valence-electron chi connectivity index (χ3n) is 5.86. The maximum Gasteiger partial charge on any atom is 0.238 e. The Balaban J connectivity index is 1.99. The SMILES string of the molecule is CCNC1(C(N)=O)CCCC1CCN1C(C)CCCC1C. The Morgan fingerprint density at radius 2 is 1.90 bits per heavy atom. The molecule has 122 valence electrons. The summed E-state index contributed by atoms with van der Waals surface area (Å²) in [6.07, 6.45) is 8.21. The zero-order valence-corrected chi connectivity index (χ0v) is 14.0. The molecule has 2 aliphatic rings. The lowest BCUT2D eigenvalue weighted by Crippen LogP contribution is -2.58. The maximum absolute atomic E-state index is 12.0. The summed E-state index contributed by atoms with van der Waals surface area (Å²) in [6.45, 7) is 8.67. The molecule has 1 aliphatic carbocycles. The van der Waals surface area contributed by atoms with Crippen molar-refractivity contribution in [3.05, 3.63) is 0 Å². The van der Waals surface area contributed by atoms with Gasteiger partial charge in [0.25, 0.3) is 0 Å². The molecule has 4 nitrogen and oxygen atoms in total. The molecule has 2 rings (SSSR count). The van der Waals surface area contributed by atoms with E-state index in [1.165, 1.54) is 19.3 Å². The molecule has 21 heavy (non-hydrogen) atoms. The topological polar surface area (TPSA) is 58.4 Å². The van der Waals surface area contributed by atoms with Gasteiger partial charge in [0.2, 0.25) is 5.91 Å². The summed E-state index contributed by atoms with van der Waals surface area (Å²) in [5.41, 5.74) is 5.31. The fourth-order valence-corrected chi connectivity index (χ4v) is 4.65. The Labute approximate surface area is 129 Å². The van der Waals surface area contributed by atoms with E-state index in [4.69, 9.17) is 5.73 Å². The predicted octanol–water partition coefficient (Wildman–Crippen LogP) is 2.27. The predicted molar refractivity (Wildman–Crippen MR) is 87.0 cm³/mol. The highest BCUT2D eigenvalue weighted by Crippen LogP contribution is 2.38. The van der Waals surface area contributed by atoms with E-state index in [-0.39, 0.29) is 5.91 Å². The zero-order valence-electron chi connectivity index (χ0n) is 14.0. The van der Waals surface area contributed by atoms with Crippen molar-refractivity contribution < 1.29 is 4.79 Å². The lowest BCUT2D eigenvalue weighted by molar-refractivity contribution is -0.126. The Kier molecular flexibility index (Phi) is 5.67. The molecule has 1 aliphatic heterocycles. The number of primary amides is 1. The first-order chi connectivity index (χ1) is 10.0. The van der Waals surface area contributed by atoms with Gasteiger partial charge < -0.3 is 11.1 Å². The number of amides is 1. The molecule has 4 atom stereocenters. The first kappa shape index (κ1) is 16.8. The monoisotopic (exact) mass is 295 g/mol. The van der Waals surface area contributed by atoms with Crippen molar-refractivity contribution in [3.8, 4) is 0 Å². The van der Waals surface area contributed by atoms with Crippen LogP contribution in [0, 0.1) is 5.92 Å². The lowest BCUT2D eigenvalue weighted by atomic mass is 9.83. The van der Waals surface area contributed by atoms with E-state index < -0.39 is 5.54 Å². The fourth-order valence-electron chi connectivity index (χ4n) is 4.65. The van der Waals surface area contributed by atoms with Crippen LogP contribution in [-0.2, 0) is 4.79 Å². The molecule has 4 heteroatoms. The summed E-state index contributed by atoms with van der Waals surface area (Å²) in [7, 11) is 0. The molecule has 0 radical (unpaired) electrons. The summed E-state index contributed by atoms with van der Waals surface area (Å²) in [6, 6.07) is 1.36. The number of nitrogens with two attached hydrogens (primary N) is 1. The maximum atomic E-state index is 12.0. The normalized spacial score (nSPS) is 37.8. The van der Waals surface area contributed by atoms with Crippen LogP contribution in [-0.4, -0.2) is 41.5 Å². The molecule has 0 spiro atoms. The number of hydrogen-bond acceptors (Lipinski definition) is 3. The van der Waals surface area contributed by atoms with Crippen LogP contribution in [0.25, 0.3) is 0 Å². The van der Waals surface area contributed by atoms with Gasteiger partial charge in [-0.25, -0.2) is 0 Å². The fraction of sp³-hybridized carbons (Fsp3) is 0.941. The van der Waals surface area contributed by atoms with Gasteiger partial charge in [-0.15, -0.1) is 0 Å². The highest BCUT2D eigenvalue weighted by molar-refractivity contribution is 5.85. The molecule has 1 heterocycles. The average molecular weight is 295 g/mol. The highest BCUT2D eigenvalue weighted by atomic mass is 16.1. The minimum atomic E-state index is -0.447. The van der Waals surface area contributed by atoms with Gasteiger partial charge in [0, 0.05) is 12.1 Å². The molecule has 3 N–H and O–H groups in total. The summed E-state index contributed by atoms with van der Waals surface area (Å²) < 4.78 is 0. The van der Waals surface area contributed by atoms with Crippen molar-refractivity contribution in [2.75, 3.05) is 13.1 Å². The Hall–Kier alpha value is -0.610. The Morgan fingerprint density at radius 1 is 1.24 bits per heavy atom. The summed E-state index contributed by atoms with van der Waals surface area (Å²) in [4.78, 5) is 14.7. The van der Waals surface area contributed by atoms with Gasteiger partial charge in [-0.3, -0.25) is 9.69 Å². The second-order valence-electron chi connectivity index (χ2n) is 7.11. The number of hydrogen-bond donors (Lipinski definition) is 2. The Morgan fingerprint density at radius 3 is 2.48 bits per heavy atom. The standard InChI is InChI=1S/C17H33N3O/c1-4-19-17(16(18)21)11-6-9-15(17)10-12-20-13(2)7-5-8-14(20)3/h13-15,19H,4-12H2,1-3H3,(H2,18,21). The van der Waals surface area contributed by atoms with Crippen LogP contribution in [0.2, 0.25) is 0 Å². The number of nitrogens with zero attached hydrogens (tertiary/aromatic N) is 1. The zero-order chi connectivity index (χ0) is 15.5. The number of rotatable bonds is 6. The number of carbonyl (C=O) groups excluding carboxylic acids is 1. The Bertz CT molecular complexity index is 350. The number of likely N-dealkylation sites (tertiary alicyclic amines) is 1. The summed E-state index contributed by atoms with van der Waals surface area (Å²) in [5, 5.41) is 3.42. The van der Waals surface area contributed by atoms with E-state index in [1.807, 2.05) is 0 Å². The number of piperidine rings is 1. The third-order valence-corrected chi connectivity index (χ3v) is 5.86. The minimum Gasteiger partial charge on any atom is -0.368 e. The first-order valence-electron chi connectivity index (χ1n) is 8.82. The van der Waals surface area contributed by atoms with Crippen molar-refractivity contribution in [2.24, 2.45) is 11.7 Å². The molecule has 1 saturated heterocycles. The number of likely N-dealkylation sites (N-methyl/N-ethyl adjacent to an activating group) is 1. The van der Waals surface area contributed by atoms with Crippen molar-refractivity contribution in [1.82, 2.24) is 10.2 Å². The van der Waals surface area contributed by atoms with Gasteiger partial charge in [-0.1, -0.05) is 19.8 Å². The molecular formula is C17H33N3O. The van der Waals surface area contributed by atoms with E-state index in [1.54, 1.807) is 0 Å². The molecule has 0 aromatic heterocycles. The molecule has 1 amide bonds. The van der Waals surface area contributed by atoms with Gasteiger partial charge in [-0.05, 0) is 65.0 Å². The van der Waals surface area contributed by atoms with Crippen LogP contribution in [0.5, 0.6) is 0 Å². The highest BCUT2D eigenvalue weighted by Gasteiger charge is 2.47. The molecule has 0 aromatic rings. The minimum absolute atomic E-state index is 0.147. The van der Waals surface area contributed by atoms with Gasteiger partial charge in [0.05, 0.1) is 0 Å². The van der Waals surface area contributed by atoms with Gasteiger partial charge in [0.15, 0.2) is 0 Å². The van der Waals surface area contributed by atoms with Crippen LogP contribution in [0.15, 0.2) is 0 Å². The van der Waals surface area contributed by atoms with Crippen LogP contribution >= 0.6 is 0 Å². The average Bonchev–Trinajstić information content (AvgIpc) is 2.83. The molecule has 1 saturated carbocycles. The van der Waals surface area contributed by atoms with E-state index in [0.717, 1.165) is 38.8 Å². The van der Waals surface area contributed by atoms with Crippen molar-refractivity contribution in [3.63, 3.8) is 0 Å². The molecular weight excluding hydrogens is 262 g/mol. The van der Waals surface area contributed by atoms with Crippen molar-refractivity contribution >= 4 is 5.91 Å². The van der Waals surface area contributed by atoms with Gasteiger partial charge in [0.1, 0.15) is 5.54 Å². The molecule has 0 aromatic carbocycles. The quantitative estimate of drug-likeness (QED) is 0.790.